The number of hydrogen-bond donors (Lipinski definition) is 1. The fourth-order valence-corrected chi connectivity index (χ4v) is 6.82. The molecule has 0 spiro atoms. The highest BCUT2D eigenvalue weighted by molar-refractivity contribution is 6.11. The minimum Gasteiger partial charge on any atom is -0.460 e. The predicted octanol–water partition coefficient (Wildman–Crippen LogP) is 4.27. The van der Waals surface area contributed by atoms with Crippen LogP contribution in [0.3, 0.4) is 0 Å². The van der Waals surface area contributed by atoms with Gasteiger partial charge in [0.15, 0.2) is 5.76 Å². The molecule has 0 aliphatic heterocycles. The number of fused-ring (bicyclic) bond motifs is 3. The van der Waals surface area contributed by atoms with E-state index in [0.717, 1.165) is 48.8 Å². The number of carbonyl (C=O) groups excluding carboxylic acids is 2. The van der Waals surface area contributed by atoms with Crippen molar-refractivity contribution in [1.82, 2.24) is 0 Å². The summed E-state index contributed by atoms with van der Waals surface area (Å²) in [5.41, 5.74) is 3.61. The van der Waals surface area contributed by atoms with Crippen LogP contribution in [0.4, 0.5) is 0 Å². The van der Waals surface area contributed by atoms with Gasteiger partial charge in [-0.1, -0.05) is 19.4 Å². The first kappa shape index (κ1) is 16.5. The predicted molar refractivity (Wildman–Crippen MR) is 95.8 cm³/mol. The van der Waals surface area contributed by atoms with Gasteiger partial charge in [0.05, 0.1) is 12.4 Å². The van der Waals surface area contributed by atoms with Crippen molar-refractivity contribution >= 4 is 11.6 Å². The number of rotatable bonds is 1. The van der Waals surface area contributed by atoms with Crippen LogP contribution in [0.2, 0.25) is 0 Å². The normalized spacial score (nSPS) is 40.9. The van der Waals surface area contributed by atoms with Gasteiger partial charge in [0.2, 0.25) is 5.78 Å². The first-order chi connectivity index (χ1) is 12.3. The van der Waals surface area contributed by atoms with Gasteiger partial charge in [-0.3, -0.25) is 9.59 Å². The molecule has 0 saturated heterocycles. The second-order valence-corrected chi connectivity index (χ2v) is 9.30. The maximum atomic E-state index is 13.4. The third-order valence-electron chi connectivity index (χ3n) is 8.18. The first-order valence-electron chi connectivity index (χ1n) is 9.87. The number of aliphatic hydroxyl groups excluding tert-OH is 1. The molecule has 0 aromatic carbocycles. The van der Waals surface area contributed by atoms with Gasteiger partial charge in [-0.25, -0.2) is 0 Å². The minimum atomic E-state index is -0.534. The van der Waals surface area contributed by atoms with Crippen molar-refractivity contribution in [1.29, 1.82) is 0 Å². The van der Waals surface area contributed by atoms with Crippen molar-refractivity contribution in [3.05, 3.63) is 34.3 Å². The van der Waals surface area contributed by atoms with Gasteiger partial charge in [-0.15, -0.1) is 0 Å². The summed E-state index contributed by atoms with van der Waals surface area (Å²) in [5, 5.41) is 10.4. The summed E-state index contributed by atoms with van der Waals surface area (Å²) in [7, 11) is 0. The maximum absolute atomic E-state index is 13.4. The molecular formula is C22H26O4. The summed E-state index contributed by atoms with van der Waals surface area (Å²) in [6, 6.07) is 0. The van der Waals surface area contributed by atoms with E-state index in [2.05, 4.69) is 13.8 Å². The fourth-order valence-electron chi connectivity index (χ4n) is 6.82. The first-order valence-corrected chi connectivity index (χ1v) is 9.87. The van der Waals surface area contributed by atoms with Crippen LogP contribution in [0.5, 0.6) is 0 Å². The van der Waals surface area contributed by atoms with E-state index in [9.17, 15) is 14.7 Å². The molecule has 1 saturated carbocycles. The standard InChI is InChI=1S/C22H26O4/c1-11(23)13-4-5-14-17-15(6-8-21(13,14)2)22(3)9-7-16(24)12-10-26-20(18(12)22)19(17)25/h10,13-14,16,24H,4-9H2,1-3H3. The Hall–Kier alpha value is -1.68. The smallest absolute Gasteiger partial charge is 0.224 e. The van der Waals surface area contributed by atoms with Crippen molar-refractivity contribution < 1.29 is 19.1 Å². The average Bonchev–Trinajstić information content (AvgIpc) is 3.18. The number of hydrogen-bond acceptors (Lipinski definition) is 4. The number of allylic oxidation sites excluding steroid dienone is 2. The average molecular weight is 354 g/mol. The highest BCUT2D eigenvalue weighted by atomic mass is 16.3. The van der Waals surface area contributed by atoms with Crippen molar-refractivity contribution in [3.63, 3.8) is 0 Å². The summed E-state index contributed by atoms with van der Waals surface area (Å²) in [4.78, 5) is 25.7. The minimum absolute atomic E-state index is 0.00736. The molecule has 26 heavy (non-hydrogen) atoms. The molecule has 4 aliphatic rings. The third-order valence-corrected chi connectivity index (χ3v) is 8.18. The number of aliphatic hydroxyl groups is 1. The molecule has 1 N–H and O–H groups in total. The zero-order chi connectivity index (χ0) is 18.4. The molecule has 0 radical (unpaired) electrons. The zero-order valence-corrected chi connectivity index (χ0v) is 15.7. The Morgan fingerprint density at radius 2 is 2.00 bits per heavy atom. The number of ketones is 2. The molecule has 1 aromatic heterocycles. The van der Waals surface area contributed by atoms with E-state index in [1.54, 1.807) is 13.2 Å². The number of carbonyl (C=O) groups is 2. The third kappa shape index (κ3) is 1.74. The van der Waals surface area contributed by atoms with Crippen LogP contribution in [-0.2, 0) is 10.2 Å². The van der Waals surface area contributed by atoms with Gasteiger partial charge < -0.3 is 9.52 Å². The molecule has 5 rings (SSSR count). The summed E-state index contributed by atoms with van der Waals surface area (Å²) in [6.07, 6.45) is 6.23. The van der Waals surface area contributed by atoms with Crippen LogP contribution in [-0.4, -0.2) is 16.7 Å². The maximum Gasteiger partial charge on any atom is 0.224 e. The Labute approximate surface area is 153 Å². The van der Waals surface area contributed by atoms with Gasteiger partial charge in [0, 0.05) is 28.0 Å². The molecule has 5 atom stereocenters. The quantitative estimate of drug-likeness (QED) is 0.818. The number of furan rings is 1. The monoisotopic (exact) mass is 354 g/mol. The van der Waals surface area contributed by atoms with E-state index in [4.69, 9.17) is 4.42 Å². The molecule has 4 aliphatic carbocycles. The van der Waals surface area contributed by atoms with E-state index in [1.807, 2.05) is 0 Å². The fraction of sp³-hybridized carbons (Fsp3) is 0.636. The Kier molecular flexibility index (Phi) is 3.16. The van der Waals surface area contributed by atoms with Crippen LogP contribution >= 0.6 is 0 Å². The summed E-state index contributed by atoms with van der Waals surface area (Å²) in [5.74, 6) is 0.917. The summed E-state index contributed by atoms with van der Waals surface area (Å²) >= 11 is 0. The molecule has 1 fully saturated rings. The van der Waals surface area contributed by atoms with Crippen molar-refractivity contribution in [2.75, 3.05) is 0 Å². The molecule has 4 nitrogen and oxygen atoms in total. The van der Waals surface area contributed by atoms with Gasteiger partial charge in [-0.05, 0) is 56.8 Å². The second-order valence-electron chi connectivity index (χ2n) is 9.30. The lowest BCUT2D eigenvalue weighted by atomic mass is 9.53. The molecule has 0 amide bonds. The molecule has 0 bridgehead atoms. The van der Waals surface area contributed by atoms with E-state index < -0.39 is 6.10 Å². The van der Waals surface area contributed by atoms with Crippen LogP contribution in [0.15, 0.2) is 21.8 Å². The molecule has 5 unspecified atom stereocenters. The molecule has 1 aromatic rings. The Balaban J connectivity index is 1.71. The molecule has 138 valence electrons. The second kappa shape index (κ2) is 4.98. The summed E-state index contributed by atoms with van der Waals surface area (Å²) in [6.45, 7) is 6.13. The topological polar surface area (TPSA) is 67.5 Å². The van der Waals surface area contributed by atoms with Crippen molar-refractivity contribution in [2.24, 2.45) is 17.3 Å². The largest absolute Gasteiger partial charge is 0.460 e. The van der Waals surface area contributed by atoms with Gasteiger partial charge in [0.25, 0.3) is 0 Å². The lowest BCUT2D eigenvalue weighted by molar-refractivity contribution is -0.124. The van der Waals surface area contributed by atoms with Gasteiger partial charge >= 0.3 is 0 Å². The highest BCUT2D eigenvalue weighted by Gasteiger charge is 2.58. The van der Waals surface area contributed by atoms with E-state index in [1.165, 1.54) is 5.57 Å². The molecule has 1 heterocycles. The zero-order valence-electron chi connectivity index (χ0n) is 15.7. The Morgan fingerprint density at radius 3 is 2.73 bits per heavy atom. The number of Topliss-reactive ketones (excluding diaryl/α,β-unsaturated/α-hetero) is 2. The molecular weight excluding hydrogens is 328 g/mol. The Bertz CT molecular complexity index is 875. The van der Waals surface area contributed by atoms with Crippen LogP contribution < -0.4 is 0 Å². The van der Waals surface area contributed by atoms with E-state index in [0.29, 0.717) is 12.2 Å². The lowest BCUT2D eigenvalue weighted by Crippen LogP contribution is -2.45. The van der Waals surface area contributed by atoms with E-state index >= 15 is 0 Å². The van der Waals surface area contributed by atoms with Crippen molar-refractivity contribution in [3.8, 4) is 0 Å². The van der Waals surface area contributed by atoms with Gasteiger partial charge in [-0.2, -0.15) is 0 Å². The summed E-state index contributed by atoms with van der Waals surface area (Å²) < 4.78 is 5.73. The molecule has 4 heteroatoms. The highest BCUT2D eigenvalue weighted by Crippen LogP contribution is 2.63. The van der Waals surface area contributed by atoms with Crippen LogP contribution in [0, 0.1) is 17.3 Å². The van der Waals surface area contributed by atoms with Crippen LogP contribution in [0.25, 0.3) is 0 Å². The SMILES string of the molecule is CC(=O)C1CCC2C3=C(CCC12C)C1(C)CCC(O)c2coc(c21)C3=O. The van der Waals surface area contributed by atoms with Crippen molar-refractivity contribution in [2.45, 2.75) is 70.8 Å². The lowest BCUT2D eigenvalue weighted by Gasteiger charge is -2.49. The van der Waals surface area contributed by atoms with E-state index in [-0.39, 0.29) is 34.2 Å². The Morgan fingerprint density at radius 1 is 1.23 bits per heavy atom. The van der Waals surface area contributed by atoms with Crippen LogP contribution in [0.1, 0.15) is 87.1 Å². The van der Waals surface area contributed by atoms with Gasteiger partial charge in [0.1, 0.15) is 5.78 Å².